The Balaban J connectivity index is 1.54. The average molecular weight is 363 g/mol. The standard InChI is InChI=1S/C21H25N5O/c1-15(16-5-3-2-4-6-16)27-20-11-17(12-24-21(20)22)18-13-25-26(14-18)19-7-9-23-10-8-19/h2-6,11-15,19,23H,7-10H2,1H3,(H2,22,24). The molecule has 3 N–H and O–H groups in total. The zero-order valence-corrected chi connectivity index (χ0v) is 15.5. The molecular weight excluding hydrogens is 338 g/mol. The summed E-state index contributed by atoms with van der Waals surface area (Å²) in [6.07, 6.45) is 7.85. The Morgan fingerprint density at radius 3 is 2.70 bits per heavy atom. The first-order valence-electron chi connectivity index (χ1n) is 9.43. The summed E-state index contributed by atoms with van der Waals surface area (Å²) in [5, 5.41) is 7.95. The zero-order valence-electron chi connectivity index (χ0n) is 15.5. The second-order valence-electron chi connectivity index (χ2n) is 6.97. The lowest BCUT2D eigenvalue weighted by Crippen LogP contribution is -2.29. The normalized spacial score (nSPS) is 16.2. The molecule has 0 radical (unpaired) electrons. The fourth-order valence-corrected chi connectivity index (χ4v) is 3.45. The molecule has 1 aromatic carbocycles. The number of ether oxygens (including phenoxy) is 1. The highest BCUT2D eigenvalue weighted by Gasteiger charge is 2.17. The van der Waals surface area contributed by atoms with Gasteiger partial charge in [-0.05, 0) is 44.5 Å². The fourth-order valence-electron chi connectivity index (χ4n) is 3.45. The van der Waals surface area contributed by atoms with E-state index >= 15 is 0 Å². The third-order valence-electron chi connectivity index (χ3n) is 5.07. The SMILES string of the molecule is CC(Oc1cc(-c2cnn(C3CCNCC3)c2)cnc1N)c1ccccc1. The third kappa shape index (κ3) is 3.95. The van der Waals surface area contributed by atoms with Gasteiger partial charge in [-0.15, -0.1) is 0 Å². The number of nitrogens with one attached hydrogen (secondary N) is 1. The number of hydrogen-bond acceptors (Lipinski definition) is 5. The molecule has 0 aliphatic carbocycles. The fraction of sp³-hybridized carbons (Fsp3) is 0.333. The number of rotatable bonds is 5. The first-order chi connectivity index (χ1) is 13.2. The molecule has 1 atom stereocenters. The van der Waals surface area contributed by atoms with E-state index < -0.39 is 0 Å². The molecule has 27 heavy (non-hydrogen) atoms. The number of pyridine rings is 1. The molecule has 0 saturated carbocycles. The predicted octanol–water partition coefficient (Wildman–Crippen LogP) is 3.59. The van der Waals surface area contributed by atoms with Crippen molar-refractivity contribution < 1.29 is 4.74 Å². The van der Waals surface area contributed by atoms with Gasteiger partial charge in [-0.3, -0.25) is 4.68 Å². The first kappa shape index (κ1) is 17.5. The minimum Gasteiger partial charge on any atom is -0.482 e. The van der Waals surface area contributed by atoms with Gasteiger partial charge < -0.3 is 15.8 Å². The molecule has 1 fully saturated rings. The van der Waals surface area contributed by atoms with Gasteiger partial charge in [0, 0.05) is 23.5 Å². The maximum atomic E-state index is 6.09. The van der Waals surface area contributed by atoms with E-state index in [1.807, 2.05) is 49.5 Å². The molecule has 6 heteroatoms. The number of nitrogens with zero attached hydrogens (tertiary/aromatic N) is 3. The van der Waals surface area contributed by atoms with Crippen LogP contribution in [0.4, 0.5) is 5.82 Å². The van der Waals surface area contributed by atoms with Crippen LogP contribution in [0.5, 0.6) is 5.75 Å². The van der Waals surface area contributed by atoms with Crippen molar-refractivity contribution in [3.8, 4) is 16.9 Å². The van der Waals surface area contributed by atoms with Crippen LogP contribution < -0.4 is 15.8 Å². The quantitative estimate of drug-likeness (QED) is 0.724. The zero-order chi connectivity index (χ0) is 18.6. The van der Waals surface area contributed by atoms with E-state index in [1.54, 1.807) is 6.20 Å². The van der Waals surface area contributed by atoms with E-state index in [0.29, 0.717) is 17.6 Å². The number of nitrogens with two attached hydrogens (primary N) is 1. The molecule has 3 heterocycles. The molecule has 140 valence electrons. The van der Waals surface area contributed by atoms with Gasteiger partial charge in [-0.25, -0.2) is 4.98 Å². The van der Waals surface area contributed by atoms with Crippen LogP contribution in [0.2, 0.25) is 0 Å². The second kappa shape index (κ2) is 7.80. The van der Waals surface area contributed by atoms with Gasteiger partial charge >= 0.3 is 0 Å². The maximum absolute atomic E-state index is 6.09. The Morgan fingerprint density at radius 2 is 1.93 bits per heavy atom. The minimum absolute atomic E-state index is 0.108. The van der Waals surface area contributed by atoms with Crippen LogP contribution in [-0.2, 0) is 0 Å². The Kier molecular flexibility index (Phi) is 5.07. The molecule has 0 spiro atoms. The van der Waals surface area contributed by atoms with Crippen LogP contribution in [0.25, 0.3) is 11.1 Å². The Labute approximate surface area is 159 Å². The summed E-state index contributed by atoms with van der Waals surface area (Å²) in [7, 11) is 0. The Hall–Kier alpha value is -2.86. The van der Waals surface area contributed by atoms with Crippen molar-refractivity contribution in [2.24, 2.45) is 0 Å². The van der Waals surface area contributed by atoms with Crippen molar-refractivity contribution >= 4 is 5.82 Å². The van der Waals surface area contributed by atoms with Crippen molar-refractivity contribution in [1.29, 1.82) is 0 Å². The highest BCUT2D eigenvalue weighted by Crippen LogP contribution is 2.31. The van der Waals surface area contributed by atoms with Gasteiger partial charge in [0.25, 0.3) is 0 Å². The van der Waals surface area contributed by atoms with Crippen molar-refractivity contribution in [2.45, 2.75) is 31.9 Å². The van der Waals surface area contributed by atoms with Gasteiger partial charge in [0.05, 0.1) is 12.2 Å². The largest absolute Gasteiger partial charge is 0.482 e. The summed E-state index contributed by atoms with van der Waals surface area (Å²) in [4.78, 5) is 4.33. The van der Waals surface area contributed by atoms with Gasteiger partial charge in [0.2, 0.25) is 0 Å². The summed E-state index contributed by atoms with van der Waals surface area (Å²) < 4.78 is 8.16. The van der Waals surface area contributed by atoms with E-state index in [4.69, 9.17) is 10.5 Å². The van der Waals surface area contributed by atoms with Crippen LogP contribution in [0.15, 0.2) is 55.0 Å². The molecule has 2 aromatic heterocycles. The highest BCUT2D eigenvalue weighted by atomic mass is 16.5. The molecule has 6 nitrogen and oxygen atoms in total. The number of piperidine rings is 1. The Bertz CT molecular complexity index is 887. The van der Waals surface area contributed by atoms with E-state index in [0.717, 1.165) is 42.6 Å². The highest BCUT2D eigenvalue weighted by molar-refractivity contribution is 5.65. The second-order valence-corrected chi connectivity index (χ2v) is 6.97. The van der Waals surface area contributed by atoms with Gasteiger partial charge in [-0.1, -0.05) is 30.3 Å². The topological polar surface area (TPSA) is 78.0 Å². The summed E-state index contributed by atoms with van der Waals surface area (Å²) in [5.74, 6) is 0.991. The van der Waals surface area contributed by atoms with Gasteiger partial charge in [-0.2, -0.15) is 5.10 Å². The van der Waals surface area contributed by atoms with Crippen molar-refractivity contribution in [3.63, 3.8) is 0 Å². The van der Waals surface area contributed by atoms with Crippen LogP contribution >= 0.6 is 0 Å². The van der Waals surface area contributed by atoms with E-state index in [1.165, 1.54) is 0 Å². The summed E-state index contributed by atoms with van der Waals surface area (Å²) >= 11 is 0. The van der Waals surface area contributed by atoms with Gasteiger partial charge in [0.1, 0.15) is 6.10 Å². The van der Waals surface area contributed by atoms with Crippen molar-refractivity contribution in [1.82, 2.24) is 20.1 Å². The molecule has 3 aromatic rings. The molecular formula is C21H25N5O. The Morgan fingerprint density at radius 1 is 1.15 bits per heavy atom. The number of benzene rings is 1. The first-order valence-corrected chi connectivity index (χ1v) is 9.43. The molecule has 1 unspecified atom stereocenters. The molecule has 1 aliphatic heterocycles. The summed E-state index contributed by atoms with van der Waals surface area (Å²) in [6, 6.07) is 12.5. The summed E-state index contributed by atoms with van der Waals surface area (Å²) in [5.41, 5.74) is 9.13. The smallest absolute Gasteiger partial charge is 0.166 e. The summed E-state index contributed by atoms with van der Waals surface area (Å²) in [6.45, 7) is 4.09. The number of nitrogen functional groups attached to an aromatic ring is 1. The lowest BCUT2D eigenvalue weighted by molar-refractivity contribution is 0.228. The molecule has 1 saturated heterocycles. The maximum Gasteiger partial charge on any atom is 0.166 e. The monoisotopic (exact) mass is 363 g/mol. The molecule has 4 rings (SSSR count). The third-order valence-corrected chi connectivity index (χ3v) is 5.07. The van der Waals surface area contributed by atoms with Crippen LogP contribution in [0, 0.1) is 0 Å². The predicted molar refractivity (Wildman–Crippen MR) is 106 cm³/mol. The molecule has 0 amide bonds. The average Bonchev–Trinajstić information content (AvgIpc) is 3.21. The van der Waals surface area contributed by atoms with E-state index in [2.05, 4.69) is 26.3 Å². The van der Waals surface area contributed by atoms with Crippen molar-refractivity contribution in [3.05, 3.63) is 60.6 Å². The number of anilines is 1. The number of hydrogen-bond donors (Lipinski definition) is 2. The van der Waals surface area contributed by atoms with Gasteiger partial charge in [0.15, 0.2) is 11.6 Å². The lowest BCUT2D eigenvalue weighted by atomic mass is 10.1. The minimum atomic E-state index is -0.108. The van der Waals surface area contributed by atoms with E-state index in [9.17, 15) is 0 Å². The number of aromatic nitrogens is 3. The van der Waals surface area contributed by atoms with Crippen LogP contribution in [-0.4, -0.2) is 27.9 Å². The lowest BCUT2D eigenvalue weighted by Gasteiger charge is -2.22. The molecule has 0 bridgehead atoms. The van der Waals surface area contributed by atoms with Crippen LogP contribution in [0.1, 0.15) is 37.5 Å². The molecule has 1 aliphatic rings. The van der Waals surface area contributed by atoms with E-state index in [-0.39, 0.29) is 6.10 Å². The van der Waals surface area contributed by atoms with Crippen molar-refractivity contribution in [2.75, 3.05) is 18.8 Å². The van der Waals surface area contributed by atoms with Crippen LogP contribution in [0.3, 0.4) is 0 Å².